The summed E-state index contributed by atoms with van der Waals surface area (Å²) in [7, 11) is 0. The molecule has 110 valence electrons. The third-order valence-electron chi connectivity index (χ3n) is 3.79. The molecule has 20 heavy (non-hydrogen) atoms. The SMILES string of the molecule is CCOc1ccccc1NC(=S)NC1CCC(C)CC1. The molecule has 1 aromatic carbocycles. The Bertz CT molecular complexity index is 442. The quantitative estimate of drug-likeness (QED) is 0.823. The number of benzene rings is 1. The van der Waals surface area contributed by atoms with E-state index in [0.29, 0.717) is 17.8 Å². The van der Waals surface area contributed by atoms with Gasteiger partial charge in [0.25, 0.3) is 0 Å². The van der Waals surface area contributed by atoms with E-state index in [-0.39, 0.29) is 0 Å². The van der Waals surface area contributed by atoms with Gasteiger partial charge < -0.3 is 15.4 Å². The van der Waals surface area contributed by atoms with Crippen molar-refractivity contribution in [3.05, 3.63) is 24.3 Å². The van der Waals surface area contributed by atoms with E-state index in [4.69, 9.17) is 17.0 Å². The zero-order chi connectivity index (χ0) is 14.4. The maximum atomic E-state index is 5.59. The molecular formula is C16H24N2OS. The van der Waals surface area contributed by atoms with Gasteiger partial charge in [0.2, 0.25) is 0 Å². The molecule has 2 rings (SSSR count). The summed E-state index contributed by atoms with van der Waals surface area (Å²) in [6.07, 6.45) is 4.98. The van der Waals surface area contributed by atoms with Crippen molar-refractivity contribution in [2.75, 3.05) is 11.9 Å². The molecule has 0 aromatic heterocycles. The van der Waals surface area contributed by atoms with E-state index in [1.54, 1.807) is 0 Å². The molecule has 1 fully saturated rings. The molecule has 0 heterocycles. The largest absolute Gasteiger partial charge is 0.492 e. The lowest BCUT2D eigenvalue weighted by Gasteiger charge is -2.28. The molecule has 1 aliphatic carbocycles. The van der Waals surface area contributed by atoms with E-state index < -0.39 is 0 Å². The first kappa shape index (κ1) is 15.1. The highest BCUT2D eigenvalue weighted by molar-refractivity contribution is 7.80. The van der Waals surface area contributed by atoms with Gasteiger partial charge >= 0.3 is 0 Å². The van der Waals surface area contributed by atoms with Gasteiger partial charge in [-0.2, -0.15) is 0 Å². The smallest absolute Gasteiger partial charge is 0.171 e. The first-order valence-corrected chi connectivity index (χ1v) is 7.89. The summed E-state index contributed by atoms with van der Waals surface area (Å²) < 4.78 is 5.59. The van der Waals surface area contributed by atoms with Gasteiger partial charge in [0.05, 0.1) is 12.3 Å². The van der Waals surface area contributed by atoms with Gasteiger partial charge in [-0.05, 0) is 62.9 Å². The zero-order valence-electron chi connectivity index (χ0n) is 12.3. The van der Waals surface area contributed by atoms with E-state index in [9.17, 15) is 0 Å². The molecule has 0 atom stereocenters. The summed E-state index contributed by atoms with van der Waals surface area (Å²) in [5, 5.41) is 7.36. The van der Waals surface area contributed by atoms with Crippen LogP contribution in [0.2, 0.25) is 0 Å². The normalized spacial score (nSPS) is 22.1. The van der Waals surface area contributed by atoms with Crippen LogP contribution >= 0.6 is 12.2 Å². The fourth-order valence-corrected chi connectivity index (χ4v) is 2.88. The van der Waals surface area contributed by atoms with E-state index in [1.807, 2.05) is 31.2 Å². The Hall–Kier alpha value is -1.29. The molecule has 1 aliphatic rings. The summed E-state index contributed by atoms with van der Waals surface area (Å²) >= 11 is 5.41. The summed E-state index contributed by atoms with van der Waals surface area (Å²) in [6.45, 7) is 4.96. The Kier molecular flexibility index (Phi) is 5.65. The molecule has 4 heteroatoms. The van der Waals surface area contributed by atoms with Crippen LogP contribution in [0.15, 0.2) is 24.3 Å². The number of ether oxygens (including phenoxy) is 1. The van der Waals surface area contributed by atoms with E-state index >= 15 is 0 Å². The number of thiocarbonyl (C=S) groups is 1. The molecule has 0 radical (unpaired) electrons. The average Bonchev–Trinajstić information content (AvgIpc) is 2.44. The second-order valence-electron chi connectivity index (χ2n) is 5.48. The summed E-state index contributed by atoms with van der Waals surface area (Å²) in [5.74, 6) is 1.70. The van der Waals surface area contributed by atoms with Crippen molar-refractivity contribution in [1.29, 1.82) is 0 Å². The van der Waals surface area contributed by atoms with Gasteiger partial charge in [-0.25, -0.2) is 0 Å². The lowest BCUT2D eigenvalue weighted by Crippen LogP contribution is -2.39. The second-order valence-corrected chi connectivity index (χ2v) is 5.89. The van der Waals surface area contributed by atoms with Crippen LogP contribution in [0, 0.1) is 5.92 Å². The van der Waals surface area contributed by atoms with E-state index in [2.05, 4.69) is 17.6 Å². The molecule has 1 aromatic rings. The lowest BCUT2D eigenvalue weighted by atomic mass is 9.87. The first-order valence-electron chi connectivity index (χ1n) is 7.48. The number of anilines is 1. The van der Waals surface area contributed by atoms with Crippen LogP contribution in [0.3, 0.4) is 0 Å². The molecule has 2 N–H and O–H groups in total. The van der Waals surface area contributed by atoms with Crippen LogP contribution in [-0.2, 0) is 0 Å². The summed E-state index contributed by atoms with van der Waals surface area (Å²) in [5.41, 5.74) is 0.927. The van der Waals surface area contributed by atoms with Crippen molar-refractivity contribution < 1.29 is 4.74 Å². The summed E-state index contributed by atoms with van der Waals surface area (Å²) in [4.78, 5) is 0. The number of hydrogen-bond acceptors (Lipinski definition) is 2. The van der Waals surface area contributed by atoms with Gasteiger partial charge in [0.15, 0.2) is 5.11 Å². The molecular weight excluding hydrogens is 268 g/mol. The molecule has 0 unspecified atom stereocenters. The van der Waals surface area contributed by atoms with Gasteiger partial charge in [-0.1, -0.05) is 19.1 Å². The topological polar surface area (TPSA) is 33.3 Å². The molecule has 0 spiro atoms. The van der Waals surface area contributed by atoms with Crippen LogP contribution in [0.4, 0.5) is 5.69 Å². The molecule has 0 bridgehead atoms. The fraction of sp³-hybridized carbons (Fsp3) is 0.562. The monoisotopic (exact) mass is 292 g/mol. The Balaban J connectivity index is 1.88. The second kappa shape index (κ2) is 7.48. The summed E-state index contributed by atoms with van der Waals surface area (Å²) in [6, 6.07) is 8.40. The highest BCUT2D eigenvalue weighted by Crippen LogP contribution is 2.25. The third kappa shape index (κ3) is 4.37. The predicted molar refractivity (Wildman–Crippen MR) is 88.4 cm³/mol. The zero-order valence-corrected chi connectivity index (χ0v) is 13.1. The molecule has 0 aliphatic heterocycles. The highest BCUT2D eigenvalue weighted by atomic mass is 32.1. The Morgan fingerprint density at radius 3 is 2.65 bits per heavy atom. The van der Waals surface area contributed by atoms with Gasteiger partial charge in [0.1, 0.15) is 5.75 Å². The van der Waals surface area contributed by atoms with Crippen molar-refractivity contribution in [3.63, 3.8) is 0 Å². The van der Waals surface area contributed by atoms with Crippen LogP contribution < -0.4 is 15.4 Å². The predicted octanol–water partition coefficient (Wildman–Crippen LogP) is 3.95. The minimum absolute atomic E-state index is 0.505. The average molecular weight is 292 g/mol. The molecule has 0 saturated heterocycles. The Labute approximate surface area is 127 Å². The van der Waals surface area contributed by atoms with Crippen LogP contribution in [0.1, 0.15) is 39.5 Å². The number of rotatable bonds is 4. The number of para-hydroxylation sites is 2. The standard InChI is InChI=1S/C16H24N2OS/c1-3-19-15-7-5-4-6-14(15)18-16(20)17-13-10-8-12(2)9-11-13/h4-7,12-13H,3,8-11H2,1-2H3,(H2,17,18,20). The van der Waals surface area contributed by atoms with Crippen molar-refractivity contribution in [3.8, 4) is 5.75 Å². The van der Waals surface area contributed by atoms with Crippen LogP contribution in [0.25, 0.3) is 0 Å². The molecule has 1 saturated carbocycles. The third-order valence-corrected chi connectivity index (χ3v) is 4.01. The minimum atomic E-state index is 0.505. The van der Waals surface area contributed by atoms with Gasteiger partial charge in [-0.3, -0.25) is 0 Å². The lowest BCUT2D eigenvalue weighted by molar-refractivity contribution is 0.331. The van der Waals surface area contributed by atoms with Crippen LogP contribution in [-0.4, -0.2) is 17.8 Å². The van der Waals surface area contributed by atoms with Crippen molar-refractivity contribution >= 4 is 23.0 Å². The van der Waals surface area contributed by atoms with Crippen molar-refractivity contribution in [1.82, 2.24) is 5.32 Å². The van der Waals surface area contributed by atoms with Crippen LogP contribution in [0.5, 0.6) is 5.75 Å². The maximum Gasteiger partial charge on any atom is 0.171 e. The Morgan fingerprint density at radius 2 is 1.95 bits per heavy atom. The molecule has 3 nitrogen and oxygen atoms in total. The van der Waals surface area contributed by atoms with Crippen molar-refractivity contribution in [2.24, 2.45) is 5.92 Å². The number of hydrogen-bond donors (Lipinski definition) is 2. The van der Waals surface area contributed by atoms with E-state index in [1.165, 1.54) is 25.7 Å². The first-order chi connectivity index (χ1) is 9.69. The van der Waals surface area contributed by atoms with E-state index in [0.717, 1.165) is 17.4 Å². The maximum absolute atomic E-state index is 5.59. The fourth-order valence-electron chi connectivity index (χ4n) is 2.60. The molecule has 0 amide bonds. The number of nitrogens with one attached hydrogen (secondary N) is 2. The minimum Gasteiger partial charge on any atom is -0.492 e. The van der Waals surface area contributed by atoms with Gasteiger partial charge in [-0.15, -0.1) is 0 Å². The Morgan fingerprint density at radius 1 is 1.25 bits per heavy atom. The van der Waals surface area contributed by atoms with Gasteiger partial charge in [0, 0.05) is 6.04 Å². The van der Waals surface area contributed by atoms with Crippen molar-refractivity contribution in [2.45, 2.75) is 45.6 Å². The highest BCUT2D eigenvalue weighted by Gasteiger charge is 2.18.